The van der Waals surface area contributed by atoms with Crippen LogP contribution in [-0.4, -0.2) is 56.0 Å². The highest BCUT2D eigenvalue weighted by Crippen LogP contribution is 2.39. The molecule has 0 saturated heterocycles. The second-order valence-corrected chi connectivity index (χ2v) is 9.26. The third-order valence-electron chi connectivity index (χ3n) is 5.86. The maximum absolute atomic E-state index is 12.8. The Morgan fingerprint density at radius 3 is 2.69 bits per heavy atom. The number of amides is 1. The summed E-state index contributed by atoms with van der Waals surface area (Å²) in [5, 5.41) is 17.7. The number of nitrogens with zero attached hydrogens (tertiary/aromatic N) is 4. The SMILES string of the molecule is Cc1nn2cc(C3CC3)cnc2c1C(=O)NCC(C)(O)COCCCc1ccc(C(F)(F)F)cn1. The van der Waals surface area contributed by atoms with Crippen molar-refractivity contribution in [2.24, 2.45) is 0 Å². The van der Waals surface area contributed by atoms with Crippen molar-refractivity contribution in [3.8, 4) is 0 Å². The minimum Gasteiger partial charge on any atom is -0.386 e. The van der Waals surface area contributed by atoms with Gasteiger partial charge in [0.25, 0.3) is 5.91 Å². The van der Waals surface area contributed by atoms with Crippen molar-refractivity contribution in [1.82, 2.24) is 24.9 Å². The van der Waals surface area contributed by atoms with Crippen molar-refractivity contribution in [1.29, 1.82) is 0 Å². The van der Waals surface area contributed by atoms with E-state index in [1.54, 1.807) is 24.6 Å². The minimum atomic E-state index is -4.41. The fourth-order valence-corrected chi connectivity index (χ4v) is 3.75. The van der Waals surface area contributed by atoms with Gasteiger partial charge < -0.3 is 15.2 Å². The maximum atomic E-state index is 12.8. The van der Waals surface area contributed by atoms with Gasteiger partial charge >= 0.3 is 6.18 Å². The van der Waals surface area contributed by atoms with E-state index in [-0.39, 0.29) is 25.7 Å². The Kier molecular flexibility index (Phi) is 7.09. The molecule has 8 nitrogen and oxygen atoms in total. The standard InChI is InChI=1S/C24H28F3N5O3/c1-15-20(21-29-10-17(16-5-6-16)12-32(21)31-15)22(33)30-13-23(2,34)14-35-9-3-4-19-8-7-18(11-28-19)24(25,26)27/h7-8,10-12,16,34H,3-6,9,13-14H2,1-2H3,(H,30,33). The molecule has 1 amide bonds. The van der Waals surface area contributed by atoms with E-state index in [0.717, 1.165) is 30.7 Å². The molecule has 0 radical (unpaired) electrons. The summed E-state index contributed by atoms with van der Waals surface area (Å²) in [5.74, 6) is 0.146. The molecule has 3 heterocycles. The Labute approximate surface area is 200 Å². The zero-order chi connectivity index (χ0) is 25.2. The lowest BCUT2D eigenvalue weighted by molar-refractivity contribution is -0.137. The third kappa shape index (κ3) is 6.34. The number of hydrogen-bond acceptors (Lipinski definition) is 6. The molecule has 3 aromatic heterocycles. The van der Waals surface area contributed by atoms with Crippen LogP contribution < -0.4 is 5.32 Å². The highest BCUT2D eigenvalue weighted by Gasteiger charge is 2.30. The molecule has 35 heavy (non-hydrogen) atoms. The lowest BCUT2D eigenvalue weighted by atomic mass is 10.1. The molecule has 1 atom stereocenters. The number of carbonyl (C=O) groups is 1. The molecular weight excluding hydrogens is 463 g/mol. The summed E-state index contributed by atoms with van der Waals surface area (Å²) in [5.41, 5.74) is 0.934. The predicted molar refractivity (Wildman–Crippen MR) is 121 cm³/mol. The normalized spacial score (nSPS) is 15.8. The van der Waals surface area contributed by atoms with Crippen LogP contribution in [0.2, 0.25) is 0 Å². The summed E-state index contributed by atoms with van der Waals surface area (Å²) in [6, 6.07) is 2.35. The number of aromatic nitrogens is 4. The number of fused-ring (bicyclic) bond motifs is 1. The van der Waals surface area contributed by atoms with Crippen LogP contribution in [0, 0.1) is 6.92 Å². The Morgan fingerprint density at radius 2 is 2.03 bits per heavy atom. The number of alkyl halides is 3. The Balaban J connectivity index is 1.22. The van der Waals surface area contributed by atoms with Crippen LogP contribution in [0.3, 0.4) is 0 Å². The first-order valence-corrected chi connectivity index (χ1v) is 11.5. The second-order valence-electron chi connectivity index (χ2n) is 9.26. The van der Waals surface area contributed by atoms with Crippen LogP contribution >= 0.6 is 0 Å². The van der Waals surface area contributed by atoms with Crippen LogP contribution in [0.15, 0.2) is 30.7 Å². The predicted octanol–water partition coefficient (Wildman–Crippen LogP) is 3.46. The fourth-order valence-electron chi connectivity index (χ4n) is 3.75. The molecule has 0 aliphatic heterocycles. The first kappa shape index (κ1) is 25.1. The van der Waals surface area contributed by atoms with Crippen molar-refractivity contribution in [2.45, 2.75) is 57.2 Å². The number of hydrogen-bond donors (Lipinski definition) is 2. The van der Waals surface area contributed by atoms with E-state index in [4.69, 9.17) is 4.74 Å². The van der Waals surface area contributed by atoms with Gasteiger partial charge in [0.2, 0.25) is 0 Å². The zero-order valence-corrected chi connectivity index (χ0v) is 19.6. The van der Waals surface area contributed by atoms with Gasteiger partial charge in [-0.25, -0.2) is 9.50 Å². The van der Waals surface area contributed by atoms with E-state index in [9.17, 15) is 23.1 Å². The fraction of sp³-hybridized carbons (Fsp3) is 0.500. The first-order chi connectivity index (χ1) is 16.5. The molecule has 1 aliphatic rings. The van der Waals surface area contributed by atoms with Gasteiger partial charge in [0, 0.05) is 37.4 Å². The number of carbonyl (C=O) groups excluding carboxylic acids is 1. The van der Waals surface area contributed by atoms with Gasteiger partial charge in [-0.2, -0.15) is 18.3 Å². The maximum Gasteiger partial charge on any atom is 0.417 e. The zero-order valence-electron chi connectivity index (χ0n) is 19.6. The highest BCUT2D eigenvalue weighted by atomic mass is 19.4. The molecule has 188 valence electrons. The average Bonchev–Trinajstić information content (AvgIpc) is 3.59. The second kappa shape index (κ2) is 9.90. The third-order valence-corrected chi connectivity index (χ3v) is 5.86. The molecule has 3 aromatic rings. The van der Waals surface area contributed by atoms with Gasteiger partial charge in [-0.05, 0) is 63.1 Å². The van der Waals surface area contributed by atoms with Crippen LogP contribution in [-0.2, 0) is 17.3 Å². The molecule has 1 aliphatic carbocycles. The van der Waals surface area contributed by atoms with Gasteiger partial charge in [0.15, 0.2) is 5.65 Å². The number of ether oxygens (including phenoxy) is 1. The number of nitrogens with one attached hydrogen (secondary N) is 1. The van der Waals surface area contributed by atoms with Gasteiger partial charge in [-0.3, -0.25) is 9.78 Å². The van der Waals surface area contributed by atoms with E-state index >= 15 is 0 Å². The van der Waals surface area contributed by atoms with E-state index in [0.29, 0.717) is 41.4 Å². The lowest BCUT2D eigenvalue weighted by Gasteiger charge is -2.23. The van der Waals surface area contributed by atoms with E-state index in [1.807, 2.05) is 6.20 Å². The Morgan fingerprint density at radius 1 is 1.26 bits per heavy atom. The Hall–Kier alpha value is -3.05. The topological polar surface area (TPSA) is 102 Å². The summed E-state index contributed by atoms with van der Waals surface area (Å²) < 4.78 is 44.9. The quantitative estimate of drug-likeness (QED) is 0.421. The Bertz CT molecular complexity index is 1190. The van der Waals surface area contributed by atoms with Crippen molar-refractivity contribution >= 4 is 11.6 Å². The minimum absolute atomic E-state index is 0.0234. The van der Waals surface area contributed by atoms with Crippen LogP contribution in [0.5, 0.6) is 0 Å². The van der Waals surface area contributed by atoms with Crippen molar-refractivity contribution in [2.75, 3.05) is 19.8 Å². The number of halogens is 3. The van der Waals surface area contributed by atoms with E-state index in [1.165, 1.54) is 6.07 Å². The van der Waals surface area contributed by atoms with Crippen LogP contribution in [0.25, 0.3) is 5.65 Å². The molecule has 2 N–H and O–H groups in total. The molecule has 0 bridgehead atoms. The van der Waals surface area contributed by atoms with Gasteiger partial charge in [-0.1, -0.05) is 0 Å². The van der Waals surface area contributed by atoms with Crippen molar-refractivity contribution in [3.63, 3.8) is 0 Å². The number of aliphatic hydroxyl groups is 1. The molecule has 11 heteroatoms. The lowest BCUT2D eigenvalue weighted by Crippen LogP contribution is -2.44. The number of pyridine rings is 1. The largest absolute Gasteiger partial charge is 0.417 e. The molecule has 4 rings (SSSR count). The van der Waals surface area contributed by atoms with Gasteiger partial charge in [-0.15, -0.1) is 0 Å². The molecule has 1 unspecified atom stereocenters. The summed E-state index contributed by atoms with van der Waals surface area (Å²) in [7, 11) is 0. The van der Waals surface area contributed by atoms with Crippen LogP contribution in [0.1, 0.15) is 65.0 Å². The summed E-state index contributed by atoms with van der Waals surface area (Å²) in [6.45, 7) is 3.52. The molecular formula is C24H28F3N5O3. The summed E-state index contributed by atoms with van der Waals surface area (Å²) in [6.07, 6.45) is 3.36. The average molecular weight is 492 g/mol. The highest BCUT2D eigenvalue weighted by molar-refractivity contribution is 6.01. The molecule has 0 aromatic carbocycles. The first-order valence-electron chi connectivity index (χ1n) is 11.5. The van der Waals surface area contributed by atoms with Crippen LogP contribution in [0.4, 0.5) is 13.2 Å². The van der Waals surface area contributed by atoms with Crippen molar-refractivity contribution in [3.05, 3.63) is 58.8 Å². The van der Waals surface area contributed by atoms with E-state index in [2.05, 4.69) is 20.4 Å². The monoisotopic (exact) mass is 491 g/mol. The molecule has 1 saturated carbocycles. The van der Waals surface area contributed by atoms with Gasteiger partial charge in [0.05, 0.1) is 17.9 Å². The summed E-state index contributed by atoms with van der Waals surface area (Å²) >= 11 is 0. The smallest absolute Gasteiger partial charge is 0.386 e. The molecule has 1 fully saturated rings. The number of aryl methyl sites for hydroxylation is 2. The number of rotatable bonds is 10. The molecule has 0 spiro atoms. The van der Waals surface area contributed by atoms with Crippen molar-refractivity contribution < 1.29 is 27.8 Å². The van der Waals surface area contributed by atoms with E-state index < -0.39 is 17.3 Å². The summed E-state index contributed by atoms with van der Waals surface area (Å²) in [4.78, 5) is 21.1. The van der Waals surface area contributed by atoms with Gasteiger partial charge in [0.1, 0.15) is 11.2 Å².